The lowest BCUT2D eigenvalue weighted by atomic mass is 10.2. The molecule has 0 aliphatic heterocycles. The molecule has 0 saturated heterocycles. The Balaban J connectivity index is 2.35. The molecule has 4 heteroatoms. The Morgan fingerprint density at radius 2 is 1.79 bits per heavy atom. The standard InChI is InChI=1S/C15H14O4/c1-2-11-18-14(16)8-9-15(17)19-12-10-13-6-4-3-5-7-13/h2-10,12H,1,11H2/b9-8-,12-10?. The highest BCUT2D eigenvalue weighted by molar-refractivity contribution is 5.92. The fraction of sp³-hybridized carbons (Fsp3) is 0.0667. The van der Waals surface area contributed by atoms with Gasteiger partial charge in [-0.05, 0) is 11.6 Å². The Kier molecular flexibility index (Phi) is 6.44. The summed E-state index contributed by atoms with van der Waals surface area (Å²) in [5.74, 6) is -1.27. The summed E-state index contributed by atoms with van der Waals surface area (Å²) in [6.07, 6.45) is 6.34. The normalized spacial score (nSPS) is 10.5. The van der Waals surface area contributed by atoms with Gasteiger partial charge in [0.1, 0.15) is 6.61 Å². The molecule has 19 heavy (non-hydrogen) atoms. The minimum atomic E-state index is -0.650. The second-order valence-corrected chi connectivity index (χ2v) is 3.40. The maximum absolute atomic E-state index is 11.2. The molecule has 0 amide bonds. The average molecular weight is 258 g/mol. The Labute approximate surface area is 111 Å². The van der Waals surface area contributed by atoms with Crippen LogP contribution in [0.25, 0.3) is 6.08 Å². The van der Waals surface area contributed by atoms with Crippen molar-refractivity contribution in [3.05, 3.63) is 67.0 Å². The molecule has 0 bridgehead atoms. The van der Waals surface area contributed by atoms with Crippen molar-refractivity contribution in [2.24, 2.45) is 0 Å². The third-order valence-electron chi connectivity index (χ3n) is 1.94. The molecular formula is C15H14O4. The lowest BCUT2D eigenvalue weighted by Crippen LogP contribution is -2.02. The summed E-state index contributed by atoms with van der Waals surface area (Å²) in [5.41, 5.74) is 0.907. The molecule has 1 rings (SSSR count). The molecule has 0 heterocycles. The van der Waals surface area contributed by atoms with E-state index >= 15 is 0 Å². The van der Waals surface area contributed by atoms with Gasteiger partial charge in [-0.15, -0.1) is 0 Å². The van der Waals surface area contributed by atoms with E-state index in [0.717, 1.165) is 17.7 Å². The van der Waals surface area contributed by atoms with E-state index < -0.39 is 11.9 Å². The van der Waals surface area contributed by atoms with Crippen LogP contribution in [0.1, 0.15) is 5.56 Å². The number of hydrogen-bond donors (Lipinski definition) is 0. The van der Waals surface area contributed by atoms with Crippen molar-refractivity contribution in [3.63, 3.8) is 0 Å². The quantitative estimate of drug-likeness (QED) is 0.340. The van der Waals surface area contributed by atoms with Gasteiger partial charge in [0.05, 0.1) is 6.26 Å². The molecule has 0 atom stereocenters. The van der Waals surface area contributed by atoms with Crippen molar-refractivity contribution in [2.45, 2.75) is 0 Å². The fourth-order valence-electron chi connectivity index (χ4n) is 1.11. The van der Waals surface area contributed by atoms with Gasteiger partial charge >= 0.3 is 11.9 Å². The van der Waals surface area contributed by atoms with Crippen LogP contribution in [0, 0.1) is 0 Å². The van der Waals surface area contributed by atoms with Crippen molar-refractivity contribution in [3.8, 4) is 0 Å². The zero-order valence-corrected chi connectivity index (χ0v) is 10.3. The average Bonchev–Trinajstić information content (AvgIpc) is 2.44. The van der Waals surface area contributed by atoms with E-state index in [0.29, 0.717) is 0 Å². The van der Waals surface area contributed by atoms with Crippen LogP contribution < -0.4 is 0 Å². The van der Waals surface area contributed by atoms with Crippen molar-refractivity contribution < 1.29 is 19.1 Å². The number of carbonyl (C=O) groups is 2. The van der Waals surface area contributed by atoms with Gasteiger partial charge in [0, 0.05) is 12.2 Å². The van der Waals surface area contributed by atoms with Crippen LogP contribution in [-0.2, 0) is 19.1 Å². The number of rotatable bonds is 6. The second kappa shape index (κ2) is 8.47. The topological polar surface area (TPSA) is 52.6 Å². The summed E-state index contributed by atoms with van der Waals surface area (Å²) >= 11 is 0. The van der Waals surface area contributed by atoms with E-state index in [-0.39, 0.29) is 6.61 Å². The SMILES string of the molecule is C=CCOC(=O)/C=C\C(=O)OC=Cc1ccccc1. The number of ether oxygens (including phenoxy) is 2. The maximum Gasteiger partial charge on any atom is 0.335 e. The van der Waals surface area contributed by atoms with Gasteiger partial charge in [-0.1, -0.05) is 43.0 Å². The summed E-state index contributed by atoms with van der Waals surface area (Å²) in [6.45, 7) is 3.50. The van der Waals surface area contributed by atoms with E-state index in [1.54, 1.807) is 6.08 Å². The highest BCUT2D eigenvalue weighted by Crippen LogP contribution is 2.01. The third kappa shape index (κ3) is 6.63. The third-order valence-corrected chi connectivity index (χ3v) is 1.94. The van der Waals surface area contributed by atoms with Gasteiger partial charge in [-0.3, -0.25) is 0 Å². The van der Waals surface area contributed by atoms with Crippen LogP contribution in [0.3, 0.4) is 0 Å². The number of benzene rings is 1. The molecule has 0 aliphatic rings. The fourth-order valence-corrected chi connectivity index (χ4v) is 1.11. The Morgan fingerprint density at radius 1 is 1.11 bits per heavy atom. The monoisotopic (exact) mass is 258 g/mol. The molecule has 1 aromatic carbocycles. The summed E-state index contributed by atoms with van der Waals surface area (Å²) in [7, 11) is 0. The molecule has 0 aromatic heterocycles. The minimum absolute atomic E-state index is 0.103. The molecule has 0 fully saturated rings. The van der Waals surface area contributed by atoms with Crippen LogP contribution in [0.5, 0.6) is 0 Å². The molecule has 0 spiro atoms. The summed E-state index contributed by atoms with van der Waals surface area (Å²) in [6, 6.07) is 9.37. The van der Waals surface area contributed by atoms with Crippen molar-refractivity contribution in [2.75, 3.05) is 6.61 Å². The van der Waals surface area contributed by atoms with Crippen molar-refractivity contribution >= 4 is 18.0 Å². The molecule has 0 radical (unpaired) electrons. The summed E-state index contributed by atoms with van der Waals surface area (Å²) < 4.78 is 9.41. The first-order valence-corrected chi connectivity index (χ1v) is 5.60. The predicted octanol–water partition coefficient (Wildman–Crippen LogP) is 2.49. The predicted molar refractivity (Wildman–Crippen MR) is 71.9 cm³/mol. The maximum atomic E-state index is 11.2. The smallest absolute Gasteiger partial charge is 0.335 e. The first-order chi connectivity index (χ1) is 9.22. The molecule has 98 valence electrons. The van der Waals surface area contributed by atoms with Crippen LogP contribution in [0.4, 0.5) is 0 Å². The molecule has 4 nitrogen and oxygen atoms in total. The first-order valence-electron chi connectivity index (χ1n) is 5.60. The molecule has 0 aliphatic carbocycles. The molecule has 0 N–H and O–H groups in total. The molecule has 0 unspecified atom stereocenters. The summed E-state index contributed by atoms with van der Waals surface area (Å²) in [4.78, 5) is 22.2. The Bertz CT molecular complexity index is 486. The number of carbonyl (C=O) groups excluding carboxylic acids is 2. The van der Waals surface area contributed by atoms with Crippen LogP contribution in [0.2, 0.25) is 0 Å². The highest BCUT2D eigenvalue weighted by atomic mass is 16.5. The van der Waals surface area contributed by atoms with Crippen LogP contribution in [-0.4, -0.2) is 18.5 Å². The van der Waals surface area contributed by atoms with E-state index in [1.807, 2.05) is 30.3 Å². The van der Waals surface area contributed by atoms with Crippen LogP contribution in [0.15, 0.2) is 61.4 Å². The van der Waals surface area contributed by atoms with Crippen LogP contribution >= 0.6 is 0 Å². The lowest BCUT2D eigenvalue weighted by molar-refractivity contribution is -0.137. The van der Waals surface area contributed by atoms with E-state index in [1.165, 1.54) is 12.3 Å². The van der Waals surface area contributed by atoms with Crippen molar-refractivity contribution in [1.29, 1.82) is 0 Å². The van der Waals surface area contributed by atoms with E-state index in [4.69, 9.17) is 4.74 Å². The van der Waals surface area contributed by atoms with Gasteiger partial charge in [0.2, 0.25) is 0 Å². The molecule has 0 saturated carbocycles. The highest BCUT2D eigenvalue weighted by Gasteiger charge is 1.98. The van der Waals surface area contributed by atoms with Gasteiger partial charge in [0.25, 0.3) is 0 Å². The minimum Gasteiger partial charge on any atom is -0.458 e. The largest absolute Gasteiger partial charge is 0.458 e. The van der Waals surface area contributed by atoms with E-state index in [2.05, 4.69) is 11.3 Å². The molecular weight excluding hydrogens is 244 g/mol. The second-order valence-electron chi connectivity index (χ2n) is 3.40. The van der Waals surface area contributed by atoms with Crippen molar-refractivity contribution in [1.82, 2.24) is 0 Å². The Morgan fingerprint density at radius 3 is 2.47 bits per heavy atom. The van der Waals surface area contributed by atoms with E-state index in [9.17, 15) is 9.59 Å². The zero-order valence-electron chi connectivity index (χ0n) is 10.3. The molecule has 1 aromatic rings. The first kappa shape index (κ1) is 14.4. The Hall–Kier alpha value is -2.62. The van der Waals surface area contributed by atoms with Gasteiger partial charge in [-0.25, -0.2) is 9.59 Å². The van der Waals surface area contributed by atoms with Gasteiger partial charge < -0.3 is 9.47 Å². The number of hydrogen-bond acceptors (Lipinski definition) is 4. The number of esters is 2. The van der Waals surface area contributed by atoms with Gasteiger partial charge in [0.15, 0.2) is 0 Å². The lowest BCUT2D eigenvalue weighted by Gasteiger charge is -1.95. The summed E-state index contributed by atoms with van der Waals surface area (Å²) in [5, 5.41) is 0. The van der Waals surface area contributed by atoms with Gasteiger partial charge in [-0.2, -0.15) is 0 Å². The zero-order chi connectivity index (χ0) is 13.9.